The number of para-hydroxylation sites is 1. The average Bonchev–Trinajstić information content (AvgIpc) is 2.31. The summed E-state index contributed by atoms with van der Waals surface area (Å²) in [6, 6.07) is 11.5. The maximum absolute atomic E-state index is 6.11. The lowest BCUT2D eigenvalue weighted by molar-refractivity contribution is 0.302. The molecule has 0 aliphatic carbocycles. The molecule has 0 aliphatic rings. The van der Waals surface area contributed by atoms with Crippen molar-refractivity contribution in [1.82, 2.24) is 0 Å². The molecule has 0 aromatic heterocycles. The first-order valence-electron chi connectivity index (χ1n) is 5.71. The molecule has 0 N–H and O–H groups in total. The van der Waals surface area contributed by atoms with Gasteiger partial charge in [-0.05, 0) is 37.1 Å². The van der Waals surface area contributed by atoms with Crippen molar-refractivity contribution >= 4 is 23.2 Å². The monoisotopic (exact) mass is 280 g/mol. The molecule has 18 heavy (non-hydrogen) atoms. The van der Waals surface area contributed by atoms with Crippen LogP contribution in [0.15, 0.2) is 36.4 Å². The Kier molecular flexibility index (Phi) is 4.15. The van der Waals surface area contributed by atoms with Crippen molar-refractivity contribution in [3.05, 3.63) is 63.1 Å². The Morgan fingerprint density at radius 2 is 1.67 bits per heavy atom. The highest BCUT2D eigenvalue weighted by molar-refractivity contribution is 6.35. The first kappa shape index (κ1) is 13.3. The van der Waals surface area contributed by atoms with Gasteiger partial charge in [0, 0.05) is 15.6 Å². The molecular formula is C15H14Cl2O. The number of hydrogen-bond donors (Lipinski definition) is 0. The van der Waals surface area contributed by atoms with Crippen LogP contribution in [-0.2, 0) is 6.61 Å². The van der Waals surface area contributed by atoms with Gasteiger partial charge in [0.15, 0.2) is 0 Å². The molecule has 0 saturated carbocycles. The van der Waals surface area contributed by atoms with Gasteiger partial charge in [0.1, 0.15) is 12.4 Å². The second-order valence-corrected chi connectivity index (χ2v) is 5.09. The van der Waals surface area contributed by atoms with Gasteiger partial charge in [-0.2, -0.15) is 0 Å². The van der Waals surface area contributed by atoms with Crippen molar-refractivity contribution in [3.8, 4) is 5.75 Å². The minimum Gasteiger partial charge on any atom is -0.488 e. The molecule has 0 aliphatic heterocycles. The van der Waals surface area contributed by atoms with Crippen LogP contribution in [0.2, 0.25) is 10.0 Å². The van der Waals surface area contributed by atoms with E-state index in [2.05, 4.69) is 0 Å². The lowest BCUT2D eigenvalue weighted by Crippen LogP contribution is -1.99. The number of rotatable bonds is 3. The van der Waals surface area contributed by atoms with Crippen LogP contribution in [0.3, 0.4) is 0 Å². The predicted molar refractivity (Wildman–Crippen MR) is 76.7 cm³/mol. The van der Waals surface area contributed by atoms with Crippen LogP contribution in [-0.4, -0.2) is 0 Å². The van der Waals surface area contributed by atoms with Crippen LogP contribution in [0, 0.1) is 13.8 Å². The van der Waals surface area contributed by atoms with Gasteiger partial charge in [0.2, 0.25) is 0 Å². The fraction of sp³-hybridized carbons (Fsp3) is 0.200. The van der Waals surface area contributed by atoms with E-state index in [-0.39, 0.29) is 0 Å². The van der Waals surface area contributed by atoms with E-state index in [4.69, 9.17) is 27.9 Å². The molecule has 2 rings (SSSR count). The van der Waals surface area contributed by atoms with Gasteiger partial charge in [-0.1, -0.05) is 47.5 Å². The van der Waals surface area contributed by atoms with E-state index in [1.165, 1.54) is 0 Å². The van der Waals surface area contributed by atoms with Gasteiger partial charge in [-0.25, -0.2) is 0 Å². The molecular weight excluding hydrogens is 267 g/mol. The van der Waals surface area contributed by atoms with Crippen molar-refractivity contribution in [2.75, 3.05) is 0 Å². The van der Waals surface area contributed by atoms with Crippen LogP contribution in [0.5, 0.6) is 5.75 Å². The normalized spacial score (nSPS) is 10.4. The number of benzene rings is 2. The summed E-state index contributed by atoms with van der Waals surface area (Å²) >= 11 is 12.0. The van der Waals surface area contributed by atoms with Crippen LogP contribution in [0.4, 0.5) is 0 Å². The average molecular weight is 281 g/mol. The Morgan fingerprint density at radius 3 is 2.28 bits per heavy atom. The first-order chi connectivity index (χ1) is 8.58. The minimum absolute atomic E-state index is 0.446. The van der Waals surface area contributed by atoms with E-state index in [1.54, 1.807) is 6.07 Å². The highest BCUT2D eigenvalue weighted by Crippen LogP contribution is 2.26. The smallest absolute Gasteiger partial charge is 0.125 e. The van der Waals surface area contributed by atoms with E-state index in [0.29, 0.717) is 16.7 Å². The molecule has 0 atom stereocenters. The lowest BCUT2D eigenvalue weighted by atomic mass is 10.1. The van der Waals surface area contributed by atoms with Crippen LogP contribution < -0.4 is 4.74 Å². The quantitative estimate of drug-likeness (QED) is 0.752. The van der Waals surface area contributed by atoms with Crippen molar-refractivity contribution in [2.24, 2.45) is 0 Å². The summed E-state index contributed by atoms with van der Waals surface area (Å²) in [5.74, 6) is 0.920. The second kappa shape index (κ2) is 5.64. The third-order valence-corrected chi connectivity index (χ3v) is 3.38. The van der Waals surface area contributed by atoms with Crippen LogP contribution >= 0.6 is 23.2 Å². The molecule has 1 nitrogen and oxygen atoms in total. The largest absolute Gasteiger partial charge is 0.488 e. The lowest BCUT2D eigenvalue weighted by Gasteiger charge is -2.12. The van der Waals surface area contributed by atoms with Crippen molar-refractivity contribution in [2.45, 2.75) is 20.5 Å². The van der Waals surface area contributed by atoms with E-state index in [0.717, 1.165) is 22.4 Å². The highest BCUT2D eigenvalue weighted by atomic mass is 35.5. The zero-order valence-electron chi connectivity index (χ0n) is 10.3. The molecule has 0 saturated heterocycles. The summed E-state index contributed by atoms with van der Waals surface area (Å²) in [5.41, 5.74) is 3.18. The predicted octanol–water partition coefficient (Wildman–Crippen LogP) is 5.19. The van der Waals surface area contributed by atoms with E-state index in [9.17, 15) is 0 Å². The number of ether oxygens (including phenoxy) is 1. The van der Waals surface area contributed by atoms with Crippen molar-refractivity contribution < 1.29 is 4.74 Å². The topological polar surface area (TPSA) is 9.23 Å². The Bertz CT molecular complexity index is 544. The molecule has 0 heterocycles. The molecule has 0 fully saturated rings. The van der Waals surface area contributed by atoms with Crippen molar-refractivity contribution in [3.63, 3.8) is 0 Å². The minimum atomic E-state index is 0.446. The fourth-order valence-corrected chi connectivity index (χ4v) is 2.28. The Balaban J connectivity index is 2.16. The molecule has 2 aromatic rings. The first-order valence-corrected chi connectivity index (χ1v) is 6.46. The molecule has 2 aromatic carbocycles. The summed E-state index contributed by atoms with van der Waals surface area (Å²) in [7, 11) is 0. The van der Waals surface area contributed by atoms with Crippen molar-refractivity contribution in [1.29, 1.82) is 0 Å². The summed E-state index contributed by atoms with van der Waals surface area (Å²) in [5, 5.41) is 1.27. The van der Waals surface area contributed by atoms with E-state index in [1.807, 2.05) is 44.2 Å². The highest BCUT2D eigenvalue weighted by Gasteiger charge is 2.06. The molecule has 0 bridgehead atoms. The molecule has 0 unspecified atom stereocenters. The zero-order valence-corrected chi connectivity index (χ0v) is 11.8. The molecule has 3 heteroatoms. The fourth-order valence-electron chi connectivity index (χ4n) is 1.82. The number of aryl methyl sites for hydroxylation is 2. The Labute approximate surface area is 117 Å². The molecule has 0 amide bonds. The van der Waals surface area contributed by atoms with E-state index >= 15 is 0 Å². The number of hydrogen-bond acceptors (Lipinski definition) is 1. The third-order valence-electron chi connectivity index (χ3n) is 2.80. The molecule has 0 radical (unpaired) electrons. The maximum atomic E-state index is 6.11. The maximum Gasteiger partial charge on any atom is 0.125 e. The molecule has 0 spiro atoms. The van der Waals surface area contributed by atoms with Gasteiger partial charge in [0.25, 0.3) is 0 Å². The summed E-state index contributed by atoms with van der Waals surface area (Å²) < 4.78 is 5.85. The van der Waals surface area contributed by atoms with Gasteiger partial charge in [0.05, 0.1) is 0 Å². The molecule has 94 valence electrons. The Morgan fingerprint density at radius 1 is 1.00 bits per heavy atom. The third kappa shape index (κ3) is 2.98. The second-order valence-electron chi connectivity index (χ2n) is 4.25. The van der Waals surface area contributed by atoms with E-state index < -0.39 is 0 Å². The standard InChI is InChI=1S/C15H14Cl2O/c1-10-4-3-5-11(2)15(10)18-9-12-6-7-13(16)8-14(12)17/h3-8H,9H2,1-2H3. The summed E-state index contributed by atoms with van der Waals surface area (Å²) in [6.45, 7) is 4.51. The number of halogens is 2. The summed E-state index contributed by atoms with van der Waals surface area (Å²) in [4.78, 5) is 0. The van der Waals surface area contributed by atoms with Gasteiger partial charge in [-0.3, -0.25) is 0 Å². The van der Waals surface area contributed by atoms with Crippen LogP contribution in [0.1, 0.15) is 16.7 Å². The van der Waals surface area contributed by atoms with Gasteiger partial charge < -0.3 is 4.74 Å². The SMILES string of the molecule is Cc1cccc(C)c1OCc1ccc(Cl)cc1Cl. The van der Waals surface area contributed by atoms with Crippen LogP contribution in [0.25, 0.3) is 0 Å². The van der Waals surface area contributed by atoms with Gasteiger partial charge >= 0.3 is 0 Å². The zero-order chi connectivity index (χ0) is 13.1. The summed E-state index contributed by atoms with van der Waals surface area (Å²) in [6.07, 6.45) is 0. The van der Waals surface area contributed by atoms with Gasteiger partial charge in [-0.15, -0.1) is 0 Å². The Hall–Kier alpha value is -1.18.